The van der Waals surface area contributed by atoms with Crippen LogP contribution in [0.5, 0.6) is 0 Å². The number of fused-ring (bicyclic) bond motifs is 6. The molecule has 6 bridgehead atoms. The smallest absolute Gasteiger partial charge is 0.355 e. The molecular formula is C48H65N9O8S. The maximum absolute atomic E-state index is 14.7. The molecule has 0 spiro atoms. The number of methoxy groups -OCH3 is 1. The minimum Gasteiger partial charge on any atom is -0.462 e. The van der Waals surface area contributed by atoms with Gasteiger partial charge in [-0.25, -0.2) is 14.6 Å². The highest BCUT2D eigenvalue weighted by atomic mass is 32.1. The number of likely N-dealkylation sites (N-methyl/N-ethyl adjacent to an activating group) is 1. The Labute approximate surface area is 390 Å². The van der Waals surface area contributed by atoms with Gasteiger partial charge in [-0.3, -0.25) is 24.5 Å². The van der Waals surface area contributed by atoms with Crippen LogP contribution in [0.1, 0.15) is 76.8 Å². The summed E-state index contributed by atoms with van der Waals surface area (Å²) in [6, 6.07) is 8.22. The van der Waals surface area contributed by atoms with E-state index in [9.17, 15) is 24.3 Å². The van der Waals surface area contributed by atoms with Gasteiger partial charge in [0, 0.05) is 111 Å². The molecule has 4 aliphatic rings. The van der Waals surface area contributed by atoms with Crippen LogP contribution in [0.2, 0.25) is 0 Å². The molecule has 3 aromatic heterocycles. The van der Waals surface area contributed by atoms with E-state index in [0.29, 0.717) is 44.3 Å². The second kappa shape index (κ2) is 19.3. The van der Waals surface area contributed by atoms with Crippen molar-refractivity contribution in [3.05, 3.63) is 58.2 Å². The zero-order valence-corrected chi connectivity index (χ0v) is 40.3. The number of nitrogens with one attached hydrogen (secondary N) is 2. The van der Waals surface area contributed by atoms with Gasteiger partial charge in [-0.15, -0.1) is 11.3 Å². The Morgan fingerprint density at radius 2 is 1.88 bits per heavy atom. The molecule has 3 N–H and O–H groups in total. The highest BCUT2D eigenvalue weighted by Crippen LogP contribution is 2.42. The van der Waals surface area contributed by atoms with Gasteiger partial charge in [0.2, 0.25) is 11.6 Å². The molecule has 3 saturated heterocycles. The number of hydrazine groups is 1. The third-order valence-corrected chi connectivity index (χ3v) is 14.4. The van der Waals surface area contributed by atoms with Gasteiger partial charge in [-0.2, -0.15) is 5.43 Å². The summed E-state index contributed by atoms with van der Waals surface area (Å²) in [4.78, 5) is 72.3. The van der Waals surface area contributed by atoms with E-state index in [1.54, 1.807) is 25.3 Å². The lowest BCUT2D eigenvalue weighted by molar-refractivity contribution is -0.189. The average molecular weight is 928 g/mol. The molecule has 7 heterocycles. The lowest BCUT2D eigenvalue weighted by Gasteiger charge is -2.48. The fraction of sp³-hybridized carbons (Fsp3) is 0.583. The third-order valence-electron chi connectivity index (χ3n) is 13.6. The number of benzene rings is 1. The molecule has 66 heavy (non-hydrogen) atoms. The van der Waals surface area contributed by atoms with E-state index in [-0.39, 0.29) is 56.5 Å². The highest BCUT2D eigenvalue weighted by molar-refractivity contribution is 7.10. The lowest BCUT2D eigenvalue weighted by atomic mass is 9.84. The summed E-state index contributed by atoms with van der Waals surface area (Å²) in [7, 11) is 3.30. The van der Waals surface area contributed by atoms with E-state index in [4.69, 9.17) is 24.2 Å². The molecular weight excluding hydrogens is 863 g/mol. The van der Waals surface area contributed by atoms with Crippen molar-refractivity contribution in [2.45, 2.75) is 104 Å². The molecule has 4 aliphatic heterocycles. The van der Waals surface area contributed by atoms with Gasteiger partial charge in [0.05, 0.1) is 48.0 Å². The zero-order valence-electron chi connectivity index (χ0n) is 39.5. The van der Waals surface area contributed by atoms with E-state index in [1.807, 2.05) is 46.1 Å². The third kappa shape index (κ3) is 9.45. The normalized spacial score (nSPS) is 23.0. The summed E-state index contributed by atoms with van der Waals surface area (Å²) in [6.07, 6.45) is 2.31. The van der Waals surface area contributed by atoms with Gasteiger partial charge in [-0.05, 0) is 62.4 Å². The Morgan fingerprint density at radius 1 is 1.12 bits per heavy atom. The lowest BCUT2D eigenvalue weighted by Crippen LogP contribution is -2.68. The van der Waals surface area contributed by atoms with Crippen molar-refractivity contribution in [1.29, 1.82) is 0 Å². The summed E-state index contributed by atoms with van der Waals surface area (Å²) in [5.74, 6) is -2.26. The number of aromatic nitrogens is 3. The van der Waals surface area contributed by atoms with Gasteiger partial charge in [-0.1, -0.05) is 33.8 Å². The number of hydrogen-bond acceptors (Lipinski definition) is 13. The van der Waals surface area contributed by atoms with Crippen LogP contribution in [0.3, 0.4) is 0 Å². The van der Waals surface area contributed by atoms with Gasteiger partial charge in [0.1, 0.15) is 12.1 Å². The first-order chi connectivity index (χ1) is 31.5. The number of thiazole rings is 1. The van der Waals surface area contributed by atoms with Crippen LogP contribution in [-0.4, -0.2) is 154 Å². The van der Waals surface area contributed by atoms with E-state index in [2.05, 4.69) is 51.4 Å². The maximum Gasteiger partial charge on any atom is 0.355 e. The van der Waals surface area contributed by atoms with Crippen LogP contribution in [0.25, 0.3) is 33.4 Å². The topological polar surface area (TPSA) is 184 Å². The highest BCUT2D eigenvalue weighted by Gasteiger charge is 2.46. The number of esters is 1. The number of hydrogen-bond donors (Lipinski definition) is 3. The van der Waals surface area contributed by atoms with Crippen LogP contribution >= 0.6 is 11.3 Å². The van der Waals surface area contributed by atoms with Gasteiger partial charge < -0.3 is 39.0 Å². The molecule has 4 aromatic rings. The second-order valence-corrected chi connectivity index (χ2v) is 20.2. The quantitative estimate of drug-likeness (QED) is 0.199. The summed E-state index contributed by atoms with van der Waals surface area (Å²) in [5.41, 5.74) is 6.38. The number of carbonyl (C=O) groups is 4. The fourth-order valence-electron chi connectivity index (χ4n) is 9.91. The number of morpholine rings is 1. The fourth-order valence-corrected chi connectivity index (χ4v) is 10.8. The van der Waals surface area contributed by atoms with Crippen molar-refractivity contribution >= 4 is 46.1 Å². The maximum atomic E-state index is 14.7. The predicted octanol–water partition coefficient (Wildman–Crippen LogP) is 4.62. The van der Waals surface area contributed by atoms with Crippen molar-refractivity contribution in [2.24, 2.45) is 11.3 Å². The Kier molecular flexibility index (Phi) is 13.9. The minimum absolute atomic E-state index is 0.00646. The molecule has 0 radical (unpaired) electrons. The zero-order chi connectivity index (χ0) is 47.1. The van der Waals surface area contributed by atoms with Gasteiger partial charge >= 0.3 is 12.0 Å². The number of aryl methyl sites for hydroxylation is 1. The van der Waals surface area contributed by atoms with E-state index < -0.39 is 41.0 Å². The number of cyclic esters (lactones) is 1. The number of amides is 4. The number of pyridine rings is 1. The Balaban J connectivity index is 1.15. The number of rotatable bonds is 9. The average Bonchev–Trinajstić information content (AvgIpc) is 3.88. The van der Waals surface area contributed by atoms with Crippen LogP contribution < -0.4 is 10.7 Å². The number of carbonyl (C=O) groups excluding carboxylic acids is 4. The molecule has 17 nitrogen and oxygen atoms in total. The number of ether oxygens (including phenoxy) is 3. The molecule has 4 atom stereocenters. The second-order valence-electron chi connectivity index (χ2n) is 19.3. The summed E-state index contributed by atoms with van der Waals surface area (Å²) >= 11 is 1.38. The van der Waals surface area contributed by atoms with Crippen LogP contribution in [0, 0.1) is 11.3 Å². The van der Waals surface area contributed by atoms with Crippen LogP contribution in [-0.2, 0) is 48.0 Å². The van der Waals surface area contributed by atoms with Crippen LogP contribution in [0.4, 0.5) is 4.79 Å². The Morgan fingerprint density at radius 3 is 2.59 bits per heavy atom. The Hall–Kier alpha value is -4.98. The molecule has 3 fully saturated rings. The minimum atomic E-state index is -2.21. The first kappa shape index (κ1) is 47.5. The van der Waals surface area contributed by atoms with Gasteiger partial charge in [0.15, 0.2) is 0 Å². The number of nitrogens with zero attached hydrogens (tertiary/aromatic N) is 7. The molecule has 0 saturated carbocycles. The molecule has 4 amide bonds. The van der Waals surface area contributed by atoms with E-state index in [1.165, 1.54) is 21.2 Å². The molecule has 1 aromatic carbocycles. The molecule has 8 rings (SSSR count). The molecule has 0 aliphatic carbocycles. The Bertz CT molecular complexity index is 2440. The van der Waals surface area contributed by atoms with Crippen molar-refractivity contribution < 1.29 is 38.5 Å². The first-order valence-corrected chi connectivity index (χ1v) is 24.1. The molecule has 18 heteroatoms. The van der Waals surface area contributed by atoms with Crippen molar-refractivity contribution in [3.8, 4) is 22.5 Å². The predicted molar refractivity (Wildman–Crippen MR) is 250 cm³/mol. The summed E-state index contributed by atoms with van der Waals surface area (Å²) < 4.78 is 19.6. The summed E-state index contributed by atoms with van der Waals surface area (Å²) in [6.45, 7) is 16.8. The SMILES string of the molecule is CCn1c(-c2cccnc2[C@H](C)OC)c2c3cc(ccc31)-c1csc(n1)C[C@H](NC(=O)[C@H](C(C)C)N(C)C(=O)N1CC(N3CCOCC3)C1)C(=O)N1CCC[C@@](O)(N1)C(=O)OCC(C)(C)C2. The van der Waals surface area contributed by atoms with E-state index >= 15 is 0 Å². The number of likely N-dealkylation sites (tertiary alicyclic amines) is 1. The number of aliphatic hydroxyl groups is 1. The van der Waals surface area contributed by atoms with E-state index in [0.717, 1.165) is 57.8 Å². The standard InChI is InChI=1S/C48H65N9O8S/c1-9-56-38-14-13-31-22-34(38)35(42(56)33-12-10-16-49-40(33)30(4)63-8)24-47(5,6)28-65-45(60)48(62)15-11-17-57(52-48)44(59)36(23-39-50-37(31)27-66-39)51-43(58)41(29(2)3)53(7)46(61)55-25-32(26-55)54-18-20-64-21-19-54/h10,12-14,16,22,27,29-30,32,36,41,52,62H,9,11,15,17-21,23-26,28H2,1-8H3,(H,51,58)/t30-,36-,41-,48-/m0/s1. The summed E-state index contributed by atoms with van der Waals surface area (Å²) in [5, 5.41) is 19.6. The largest absolute Gasteiger partial charge is 0.462 e. The monoisotopic (exact) mass is 927 g/mol. The molecule has 0 unspecified atom stereocenters. The first-order valence-electron chi connectivity index (χ1n) is 23.2. The molecule has 356 valence electrons. The van der Waals surface area contributed by atoms with Gasteiger partial charge in [0.25, 0.3) is 5.91 Å². The van der Waals surface area contributed by atoms with Crippen molar-refractivity contribution in [3.63, 3.8) is 0 Å². The van der Waals surface area contributed by atoms with Crippen LogP contribution in [0.15, 0.2) is 41.9 Å². The van der Waals surface area contributed by atoms with Crippen molar-refractivity contribution in [2.75, 3.05) is 66.7 Å². The number of urea groups is 1. The van der Waals surface area contributed by atoms with Crippen molar-refractivity contribution in [1.82, 2.24) is 45.0 Å².